The molecule has 1 unspecified atom stereocenters. The third kappa shape index (κ3) is 4.20. The van der Waals surface area contributed by atoms with E-state index in [1.807, 2.05) is 0 Å². The third-order valence-corrected chi connectivity index (χ3v) is 5.67. The summed E-state index contributed by atoms with van der Waals surface area (Å²) in [6.45, 7) is 1.61. The number of carbonyl (C=O) groups excluding carboxylic acids is 1. The first-order valence-electron chi connectivity index (χ1n) is 9.44. The third-order valence-electron chi connectivity index (χ3n) is 4.62. The van der Waals surface area contributed by atoms with Gasteiger partial charge in [-0.25, -0.2) is 13.8 Å². The van der Waals surface area contributed by atoms with Crippen LogP contribution in [-0.2, 0) is 4.79 Å². The lowest BCUT2D eigenvalue weighted by molar-refractivity contribution is -0.115. The molecule has 0 aliphatic rings. The second kappa shape index (κ2) is 8.69. The molecule has 31 heavy (non-hydrogen) atoms. The van der Waals surface area contributed by atoms with Crippen LogP contribution in [0.25, 0.3) is 16.6 Å². The van der Waals surface area contributed by atoms with Crippen LogP contribution in [0.3, 0.4) is 0 Å². The highest BCUT2D eigenvalue weighted by Crippen LogP contribution is 2.27. The molecule has 0 saturated heterocycles. The summed E-state index contributed by atoms with van der Waals surface area (Å²) in [5.41, 5.74) is 0.0806. The molecule has 1 N–H and O–H groups in total. The number of benzene rings is 3. The average Bonchev–Trinajstić information content (AvgIpc) is 2.76. The number of anilines is 1. The van der Waals surface area contributed by atoms with Gasteiger partial charge in [-0.15, -0.1) is 0 Å². The molecule has 0 aliphatic carbocycles. The molecule has 1 atom stereocenters. The molecule has 1 aromatic heterocycles. The van der Waals surface area contributed by atoms with E-state index in [4.69, 9.17) is 0 Å². The van der Waals surface area contributed by atoms with Gasteiger partial charge >= 0.3 is 0 Å². The monoisotopic (exact) mass is 437 g/mol. The highest BCUT2D eigenvalue weighted by Gasteiger charge is 2.22. The lowest BCUT2D eigenvalue weighted by atomic mass is 10.2. The summed E-state index contributed by atoms with van der Waals surface area (Å²) in [5, 5.41) is 2.27. The van der Waals surface area contributed by atoms with E-state index in [9.17, 15) is 18.4 Å². The number of hydrogen-bond acceptors (Lipinski definition) is 4. The summed E-state index contributed by atoms with van der Waals surface area (Å²) in [7, 11) is 0. The molecule has 156 valence electrons. The largest absolute Gasteiger partial charge is 0.323 e. The fourth-order valence-electron chi connectivity index (χ4n) is 3.05. The standard InChI is InChI=1S/C23H17F2N3O2S/c1-14(21(29)26-19-12-6-3-9-16(19)24)31-23-27-18-11-5-2-8-15(18)22(30)28(23)20-13-7-4-10-17(20)25/h2-14H,1H3,(H,26,29). The molecule has 0 fully saturated rings. The fourth-order valence-corrected chi connectivity index (χ4v) is 3.97. The number of rotatable bonds is 5. The number of carbonyl (C=O) groups is 1. The van der Waals surface area contributed by atoms with Crippen LogP contribution in [0, 0.1) is 11.6 Å². The predicted octanol–water partition coefficient (Wildman–Crippen LogP) is 4.78. The van der Waals surface area contributed by atoms with Crippen molar-refractivity contribution in [2.75, 3.05) is 5.32 Å². The van der Waals surface area contributed by atoms with Gasteiger partial charge in [-0.2, -0.15) is 0 Å². The molecule has 5 nitrogen and oxygen atoms in total. The Labute approximate surface area is 180 Å². The molecule has 8 heteroatoms. The van der Waals surface area contributed by atoms with E-state index in [1.165, 1.54) is 36.4 Å². The van der Waals surface area contributed by atoms with Gasteiger partial charge in [-0.3, -0.25) is 14.2 Å². The predicted molar refractivity (Wildman–Crippen MR) is 118 cm³/mol. The van der Waals surface area contributed by atoms with Gasteiger partial charge in [0, 0.05) is 0 Å². The average molecular weight is 437 g/mol. The first-order valence-corrected chi connectivity index (χ1v) is 10.3. The zero-order valence-corrected chi connectivity index (χ0v) is 17.2. The number of nitrogens with one attached hydrogen (secondary N) is 1. The van der Waals surface area contributed by atoms with Crippen LogP contribution in [0.1, 0.15) is 6.92 Å². The van der Waals surface area contributed by atoms with Gasteiger partial charge in [0.15, 0.2) is 5.16 Å². The van der Waals surface area contributed by atoms with Crippen molar-refractivity contribution >= 4 is 34.3 Å². The minimum absolute atomic E-state index is 0.0370. The van der Waals surface area contributed by atoms with Crippen molar-refractivity contribution in [2.24, 2.45) is 0 Å². The van der Waals surface area contributed by atoms with Crippen molar-refractivity contribution in [1.82, 2.24) is 9.55 Å². The topological polar surface area (TPSA) is 64.0 Å². The van der Waals surface area contributed by atoms with E-state index in [0.717, 1.165) is 16.3 Å². The zero-order valence-electron chi connectivity index (χ0n) is 16.4. The molecule has 0 aliphatic heterocycles. The Hall–Kier alpha value is -3.52. The Morgan fingerprint density at radius 3 is 2.35 bits per heavy atom. The summed E-state index contributed by atoms with van der Waals surface area (Å²) in [4.78, 5) is 30.3. The first kappa shape index (κ1) is 20.7. The van der Waals surface area contributed by atoms with Crippen molar-refractivity contribution in [3.05, 3.63) is 94.8 Å². The molecule has 1 amide bonds. The van der Waals surface area contributed by atoms with Crippen LogP contribution in [0.15, 0.2) is 82.7 Å². The number of fused-ring (bicyclic) bond motifs is 1. The molecule has 0 radical (unpaired) electrons. The first-order chi connectivity index (χ1) is 15.0. The van der Waals surface area contributed by atoms with Gasteiger partial charge in [0.05, 0.1) is 27.5 Å². The minimum Gasteiger partial charge on any atom is -0.323 e. The van der Waals surface area contributed by atoms with Crippen molar-refractivity contribution in [3.63, 3.8) is 0 Å². The van der Waals surface area contributed by atoms with E-state index in [2.05, 4.69) is 10.3 Å². The maximum absolute atomic E-state index is 14.5. The lowest BCUT2D eigenvalue weighted by Gasteiger charge is -2.17. The Balaban J connectivity index is 1.75. The van der Waals surface area contributed by atoms with Gasteiger partial charge in [0.1, 0.15) is 11.6 Å². The maximum atomic E-state index is 14.5. The summed E-state index contributed by atoms with van der Waals surface area (Å²) in [5.74, 6) is -1.62. The molecule has 3 aromatic carbocycles. The Morgan fingerprint density at radius 1 is 0.968 bits per heavy atom. The van der Waals surface area contributed by atoms with E-state index < -0.39 is 28.4 Å². The molecule has 4 aromatic rings. The molecule has 0 bridgehead atoms. The molecule has 0 saturated carbocycles. The van der Waals surface area contributed by atoms with Crippen molar-refractivity contribution in [3.8, 4) is 5.69 Å². The molecule has 4 rings (SSSR count). The van der Waals surface area contributed by atoms with Crippen LogP contribution in [-0.4, -0.2) is 20.7 Å². The normalized spacial score (nSPS) is 12.0. The SMILES string of the molecule is CC(Sc1nc2ccccc2c(=O)n1-c1ccccc1F)C(=O)Nc1ccccc1F. The zero-order chi connectivity index (χ0) is 22.0. The second-order valence-electron chi connectivity index (χ2n) is 6.73. The second-order valence-corrected chi connectivity index (χ2v) is 8.04. The van der Waals surface area contributed by atoms with Crippen LogP contribution in [0.2, 0.25) is 0 Å². The van der Waals surface area contributed by atoms with Crippen LogP contribution < -0.4 is 10.9 Å². The number of thioether (sulfide) groups is 1. The molecule has 0 spiro atoms. The van der Waals surface area contributed by atoms with Crippen LogP contribution in [0.4, 0.5) is 14.5 Å². The highest BCUT2D eigenvalue weighted by atomic mass is 32.2. The van der Waals surface area contributed by atoms with Crippen molar-refractivity contribution in [2.45, 2.75) is 17.3 Å². The maximum Gasteiger partial charge on any atom is 0.266 e. The van der Waals surface area contributed by atoms with Crippen LogP contribution in [0.5, 0.6) is 0 Å². The number of nitrogens with zero attached hydrogens (tertiary/aromatic N) is 2. The smallest absolute Gasteiger partial charge is 0.266 e. The van der Waals surface area contributed by atoms with Gasteiger partial charge in [0.25, 0.3) is 5.56 Å². The van der Waals surface area contributed by atoms with E-state index >= 15 is 0 Å². The number of halogens is 2. The van der Waals surface area contributed by atoms with Crippen LogP contribution >= 0.6 is 11.8 Å². The fraction of sp³-hybridized carbons (Fsp3) is 0.0870. The van der Waals surface area contributed by atoms with Gasteiger partial charge < -0.3 is 5.32 Å². The molecular formula is C23H17F2N3O2S. The summed E-state index contributed by atoms with van der Waals surface area (Å²) in [6, 6.07) is 18.4. The number of amides is 1. The quantitative estimate of drug-likeness (QED) is 0.360. The molecule has 1 heterocycles. The van der Waals surface area contributed by atoms with E-state index in [1.54, 1.807) is 43.3 Å². The number of hydrogen-bond donors (Lipinski definition) is 1. The van der Waals surface area contributed by atoms with Gasteiger partial charge in [-0.05, 0) is 43.3 Å². The van der Waals surface area contributed by atoms with Crippen molar-refractivity contribution in [1.29, 1.82) is 0 Å². The van der Waals surface area contributed by atoms with Gasteiger partial charge in [-0.1, -0.05) is 48.2 Å². The Kier molecular flexibility index (Phi) is 5.81. The summed E-state index contributed by atoms with van der Waals surface area (Å²) >= 11 is 0.987. The van der Waals surface area contributed by atoms with E-state index in [-0.39, 0.29) is 16.5 Å². The summed E-state index contributed by atoms with van der Waals surface area (Å²) < 4.78 is 29.6. The lowest BCUT2D eigenvalue weighted by Crippen LogP contribution is -2.27. The van der Waals surface area contributed by atoms with E-state index in [0.29, 0.717) is 10.9 Å². The Morgan fingerprint density at radius 2 is 1.61 bits per heavy atom. The van der Waals surface area contributed by atoms with Gasteiger partial charge in [0.2, 0.25) is 5.91 Å². The molecular weight excluding hydrogens is 420 g/mol. The Bertz CT molecular complexity index is 1340. The van der Waals surface area contributed by atoms with Crippen molar-refractivity contribution < 1.29 is 13.6 Å². The number of aromatic nitrogens is 2. The minimum atomic E-state index is -0.745. The highest BCUT2D eigenvalue weighted by molar-refractivity contribution is 8.00. The summed E-state index contributed by atoms with van der Waals surface area (Å²) in [6.07, 6.45) is 0. The number of para-hydroxylation sites is 3.